The second-order valence-electron chi connectivity index (χ2n) is 7.38. The van der Waals surface area contributed by atoms with Gasteiger partial charge in [-0.25, -0.2) is 4.98 Å². The lowest BCUT2D eigenvalue weighted by Gasteiger charge is -2.33. The Morgan fingerprint density at radius 2 is 2.07 bits per heavy atom. The Balaban J connectivity index is 1.52. The highest BCUT2D eigenvalue weighted by Crippen LogP contribution is 2.33. The van der Waals surface area contributed by atoms with E-state index < -0.39 is 11.7 Å². The number of hydrogen-bond acceptors (Lipinski definition) is 3. The van der Waals surface area contributed by atoms with Gasteiger partial charge in [-0.1, -0.05) is 18.2 Å². The largest absolute Gasteiger partial charge is 0.416 e. The van der Waals surface area contributed by atoms with E-state index in [2.05, 4.69) is 15.2 Å². The molecule has 0 aliphatic carbocycles. The number of alkyl halides is 3. The molecule has 1 fully saturated rings. The molecule has 1 aliphatic rings. The van der Waals surface area contributed by atoms with Crippen LogP contribution >= 0.6 is 0 Å². The summed E-state index contributed by atoms with van der Waals surface area (Å²) in [6.07, 6.45) is -0.640. The number of rotatable bonds is 6. The third kappa shape index (κ3) is 5.33. The summed E-state index contributed by atoms with van der Waals surface area (Å²) in [5.74, 6) is 1.63. The predicted octanol–water partition coefficient (Wildman–Crippen LogP) is 3.94. The van der Waals surface area contributed by atoms with Crippen LogP contribution in [0.1, 0.15) is 48.5 Å². The lowest BCUT2D eigenvalue weighted by Crippen LogP contribution is -2.40. The fourth-order valence-electron chi connectivity index (χ4n) is 3.78. The van der Waals surface area contributed by atoms with E-state index in [1.165, 1.54) is 6.07 Å². The molecular formula is C20H25F3N4O. The van der Waals surface area contributed by atoms with Crippen molar-refractivity contribution in [1.29, 1.82) is 0 Å². The number of H-pyrrole nitrogens is 1. The average Bonchev–Trinajstić information content (AvgIpc) is 3.09. The standard InChI is InChI=1S/C20H25F3N4O/c1-14-24-18(26-25-14)10-11-19(28)27-12-4-5-15(13-27)8-9-16-6-2-3-7-17(16)20(21,22)23/h2-3,6-7,15H,4-5,8-13H2,1H3,(H,24,25,26). The van der Waals surface area contributed by atoms with E-state index in [1.807, 2.05) is 11.8 Å². The first-order valence-corrected chi connectivity index (χ1v) is 9.63. The third-order valence-electron chi connectivity index (χ3n) is 5.22. The van der Waals surface area contributed by atoms with E-state index in [0.717, 1.165) is 24.7 Å². The molecule has 1 unspecified atom stereocenters. The predicted molar refractivity (Wildman–Crippen MR) is 98.5 cm³/mol. The fraction of sp³-hybridized carbons (Fsp3) is 0.550. The van der Waals surface area contributed by atoms with Crippen molar-refractivity contribution < 1.29 is 18.0 Å². The van der Waals surface area contributed by atoms with Crippen molar-refractivity contribution in [3.8, 4) is 0 Å². The van der Waals surface area contributed by atoms with Crippen molar-refractivity contribution in [1.82, 2.24) is 20.1 Å². The first-order valence-electron chi connectivity index (χ1n) is 9.63. The second kappa shape index (κ2) is 8.75. The van der Waals surface area contributed by atoms with Gasteiger partial charge in [0.25, 0.3) is 0 Å². The maximum Gasteiger partial charge on any atom is 0.416 e. The molecule has 2 aromatic rings. The average molecular weight is 394 g/mol. The zero-order chi connectivity index (χ0) is 20.1. The molecular weight excluding hydrogens is 369 g/mol. The van der Waals surface area contributed by atoms with Crippen LogP contribution in [0.25, 0.3) is 0 Å². The van der Waals surface area contributed by atoms with Gasteiger partial charge < -0.3 is 4.90 Å². The van der Waals surface area contributed by atoms with Gasteiger partial charge in [-0.2, -0.15) is 18.3 Å². The van der Waals surface area contributed by atoms with Crippen molar-refractivity contribution in [3.63, 3.8) is 0 Å². The number of likely N-dealkylation sites (tertiary alicyclic amines) is 1. The van der Waals surface area contributed by atoms with Crippen LogP contribution in [0.15, 0.2) is 24.3 Å². The van der Waals surface area contributed by atoms with Gasteiger partial charge in [0.2, 0.25) is 5.91 Å². The topological polar surface area (TPSA) is 61.9 Å². The highest BCUT2D eigenvalue weighted by molar-refractivity contribution is 5.76. The Hall–Kier alpha value is -2.38. The minimum atomic E-state index is -4.33. The second-order valence-corrected chi connectivity index (χ2v) is 7.38. The molecule has 1 N–H and O–H groups in total. The number of halogens is 3. The molecule has 3 rings (SSSR count). The number of piperidine rings is 1. The fourth-order valence-corrected chi connectivity index (χ4v) is 3.78. The van der Waals surface area contributed by atoms with Gasteiger partial charge in [0.1, 0.15) is 5.82 Å². The number of aromatic amines is 1. The maximum atomic E-state index is 13.1. The number of hydrogen-bond donors (Lipinski definition) is 1. The van der Waals surface area contributed by atoms with E-state index in [1.54, 1.807) is 12.1 Å². The van der Waals surface area contributed by atoms with Crippen LogP contribution in [-0.2, 0) is 23.8 Å². The molecule has 28 heavy (non-hydrogen) atoms. The maximum absolute atomic E-state index is 13.1. The Morgan fingerprint density at radius 3 is 2.79 bits per heavy atom. The van der Waals surface area contributed by atoms with Crippen molar-refractivity contribution in [2.24, 2.45) is 5.92 Å². The van der Waals surface area contributed by atoms with Crippen molar-refractivity contribution >= 4 is 5.91 Å². The van der Waals surface area contributed by atoms with E-state index in [0.29, 0.717) is 50.2 Å². The molecule has 0 saturated carbocycles. The van der Waals surface area contributed by atoms with E-state index in [4.69, 9.17) is 0 Å². The summed E-state index contributed by atoms with van der Waals surface area (Å²) in [5, 5.41) is 6.80. The first-order chi connectivity index (χ1) is 13.3. The monoisotopic (exact) mass is 394 g/mol. The number of aromatic nitrogens is 3. The molecule has 0 bridgehead atoms. The van der Waals surface area contributed by atoms with Crippen LogP contribution in [0.5, 0.6) is 0 Å². The SMILES string of the molecule is Cc1nc(CCC(=O)N2CCCC(CCc3ccccc3C(F)(F)F)C2)n[nH]1. The molecule has 0 spiro atoms. The Morgan fingerprint density at radius 1 is 1.29 bits per heavy atom. The Bertz CT molecular complexity index is 803. The van der Waals surface area contributed by atoms with Crippen LogP contribution < -0.4 is 0 Å². The molecule has 2 heterocycles. The number of nitrogens with one attached hydrogen (secondary N) is 1. The van der Waals surface area contributed by atoms with Crippen LogP contribution in [0.2, 0.25) is 0 Å². The van der Waals surface area contributed by atoms with Crippen molar-refractivity contribution in [2.75, 3.05) is 13.1 Å². The zero-order valence-corrected chi connectivity index (χ0v) is 15.9. The smallest absolute Gasteiger partial charge is 0.342 e. The van der Waals surface area contributed by atoms with Gasteiger partial charge in [-0.3, -0.25) is 9.89 Å². The molecule has 1 atom stereocenters. The van der Waals surface area contributed by atoms with Crippen LogP contribution in [0, 0.1) is 12.8 Å². The Kier molecular flexibility index (Phi) is 6.36. The van der Waals surface area contributed by atoms with Crippen LogP contribution in [0.4, 0.5) is 13.2 Å². The van der Waals surface area contributed by atoms with Gasteiger partial charge >= 0.3 is 6.18 Å². The summed E-state index contributed by atoms with van der Waals surface area (Å²) in [4.78, 5) is 18.5. The summed E-state index contributed by atoms with van der Waals surface area (Å²) >= 11 is 0. The quantitative estimate of drug-likeness (QED) is 0.807. The zero-order valence-electron chi connectivity index (χ0n) is 15.9. The van der Waals surface area contributed by atoms with E-state index in [9.17, 15) is 18.0 Å². The number of amides is 1. The van der Waals surface area contributed by atoms with Crippen molar-refractivity contribution in [3.05, 3.63) is 47.0 Å². The molecule has 1 aromatic carbocycles. The highest BCUT2D eigenvalue weighted by atomic mass is 19.4. The molecule has 1 amide bonds. The third-order valence-corrected chi connectivity index (χ3v) is 5.22. The van der Waals surface area contributed by atoms with E-state index in [-0.39, 0.29) is 11.8 Å². The van der Waals surface area contributed by atoms with Crippen molar-refractivity contribution in [2.45, 2.75) is 51.6 Å². The summed E-state index contributed by atoms with van der Waals surface area (Å²) in [6, 6.07) is 5.75. The summed E-state index contributed by atoms with van der Waals surface area (Å²) in [6.45, 7) is 3.13. The first kappa shape index (κ1) is 20.4. The summed E-state index contributed by atoms with van der Waals surface area (Å²) in [7, 11) is 0. The van der Waals surface area contributed by atoms with Crippen LogP contribution in [0.3, 0.4) is 0 Å². The van der Waals surface area contributed by atoms with Gasteiger partial charge in [-0.05, 0) is 50.2 Å². The molecule has 152 valence electrons. The number of nitrogens with zero attached hydrogens (tertiary/aromatic N) is 3. The van der Waals surface area contributed by atoms with Crippen LogP contribution in [-0.4, -0.2) is 39.1 Å². The lowest BCUT2D eigenvalue weighted by molar-refractivity contribution is -0.138. The molecule has 1 aliphatic heterocycles. The number of aryl methyl sites for hydroxylation is 3. The minimum absolute atomic E-state index is 0.0582. The normalized spacial score (nSPS) is 17.7. The van der Waals surface area contributed by atoms with Gasteiger partial charge in [0, 0.05) is 25.9 Å². The molecule has 0 radical (unpaired) electrons. The molecule has 1 saturated heterocycles. The number of benzene rings is 1. The van der Waals surface area contributed by atoms with Gasteiger partial charge in [0.05, 0.1) is 5.56 Å². The van der Waals surface area contributed by atoms with E-state index >= 15 is 0 Å². The number of carbonyl (C=O) groups excluding carboxylic acids is 1. The number of carbonyl (C=O) groups is 1. The minimum Gasteiger partial charge on any atom is -0.342 e. The Labute approximate surface area is 162 Å². The summed E-state index contributed by atoms with van der Waals surface area (Å²) in [5.41, 5.74) is -0.223. The summed E-state index contributed by atoms with van der Waals surface area (Å²) < 4.78 is 39.4. The molecule has 8 heteroatoms. The molecule has 1 aromatic heterocycles. The van der Waals surface area contributed by atoms with Gasteiger partial charge in [-0.15, -0.1) is 0 Å². The molecule has 5 nitrogen and oxygen atoms in total. The highest BCUT2D eigenvalue weighted by Gasteiger charge is 2.33. The lowest BCUT2D eigenvalue weighted by atomic mass is 9.90. The van der Waals surface area contributed by atoms with Gasteiger partial charge in [0.15, 0.2) is 5.82 Å².